The average Bonchev–Trinajstić information content (AvgIpc) is 2.70. The molecule has 0 aliphatic carbocycles. The third kappa shape index (κ3) is 2.56. The minimum absolute atomic E-state index is 0. The Morgan fingerprint density at radius 3 is 2.64 bits per heavy atom. The molecule has 4 rings (SSSR count). The number of hydrogen-bond donors (Lipinski definition) is 1. The summed E-state index contributed by atoms with van der Waals surface area (Å²) in [6.45, 7) is 3.42. The third-order valence-electron chi connectivity index (χ3n) is 4.16. The molecule has 5 heteroatoms. The molecular formula is C17H18ClN3O. The lowest BCUT2D eigenvalue weighted by molar-refractivity contribution is 0.253. The van der Waals surface area contributed by atoms with Crippen molar-refractivity contribution in [1.29, 1.82) is 0 Å². The van der Waals surface area contributed by atoms with Gasteiger partial charge in [0.1, 0.15) is 0 Å². The Morgan fingerprint density at radius 2 is 1.82 bits per heavy atom. The molecule has 4 nitrogen and oxygen atoms in total. The number of nitrogens with one attached hydrogen (secondary N) is 1. The molecule has 0 saturated heterocycles. The number of hydrogen-bond acceptors (Lipinski definition) is 2. The van der Waals surface area contributed by atoms with Crippen LogP contribution in [0.25, 0.3) is 11.0 Å². The number of halogens is 1. The third-order valence-corrected chi connectivity index (χ3v) is 4.16. The molecule has 0 fully saturated rings. The number of benzene rings is 2. The van der Waals surface area contributed by atoms with Crippen molar-refractivity contribution in [3.63, 3.8) is 0 Å². The molecule has 0 atom stereocenters. The maximum absolute atomic E-state index is 12.1. The summed E-state index contributed by atoms with van der Waals surface area (Å²) in [5.74, 6) is 0. The molecule has 1 aliphatic rings. The van der Waals surface area contributed by atoms with Crippen LogP contribution in [0.5, 0.6) is 0 Å². The van der Waals surface area contributed by atoms with Crippen LogP contribution in [0, 0.1) is 0 Å². The number of nitrogens with zero attached hydrogens (tertiary/aromatic N) is 2. The number of imidazole rings is 1. The van der Waals surface area contributed by atoms with Crippen LogP contribution in [0.15, 0.2) is 53.3 Å². The summed E-state index contributed by atoms with van der Waals surface area (Å²) in [5.41, 5.74) is 4.54. The predicted molar refractivity (Wildman–Crippen MR) is 90.4 cm³/mol. The topological polar surface area (TPSA) is 41.0 Å². The van der Waals surface area contributed by atoms with E-state index in [-0.39, 0.29) is 18.1 Å². The van der Waals surface area contributed by atoms with E-state index in [1.54, 1.807) is 0 Å². The Bertz CT molecular complexity index is 838. The van der Waals surface area contributed by atoms with Gasteiger partial charge < -0.3 is 4.98 Å². The number of H-pyrrole nitrogens is 1. The van der Waals surface area contributed by atoms with Crippen molar-refractivity contribution in [2.45, 2.75) is 19.6 Å². The molecule has 22 heavy (non-hydrogen) atoms. The Kier molecular flexibility index (Phi) is 4.05. The number of aromatic nitrogens is 2. The summed E-state index contributed by atoms with van der Waals surface area (Å²) < 4.78 is 1.87. The molecule has 1 N–H and O–H groups in total. The van der Waals surface area contributed by atoms with E-state index in [2.05, 4.69) is 40.2 Å². The zero-order chi connectivity index (χ0) is 14.2. The van der Waals surface area contributed by atoms with Gasteiger partial charge in [-0.1, -0.05) is 42.5 Å². The highest BCUT2D eigenvalue weighted by Gasteiger charge is 2.18. The molecule has 0 radical (unpaired) electrons. The largest absolute Gasteiger partial charge is 0.326 e. The maximum atomic E-state index is 12.1. The summed E-state index contributed by atoms with van der Waals surface area (Å²) in [4.78, 5) is 17.4. The van der Waals surface area contributed by atoms with Crippen molar-refractivity contribution in [2.75, 3.05) is 6.54 Å². The van der Waals surface area contributed by atoms with Crippen LogP contribution < -0.4 is 5.69 Å². The van der Waals surface area contributed by atoms with E-state index in [0.29, 0.717) is 0 Å². The second-order valence-electron chi connectivity index (χ2n) is 5.59. The predicted octanol–water partition coefficient (Wildman–Crippen LogP) is 2.77. The van der Waals surface area contributed by atoms with E-state index in [1.807, 2.05) is 22.8 Å². The second kappa shape index (κ2) is 5.99. The number of para-hydroxylation sites is 1. The summed E-state index contributed by atoms with van der Waals surface area (Å²) in [6.07, 6.45) is 0. The summed E-state index contributed by atoms with van der Waals surface area (Å²) in [6, 6.07) is 16.6. The van der Waals surface area contributed by atoms with E-state index in [4.69, 9.17) is 0 Å². The quantitative estimate of drug-likeness (QED) is 0.790. The molecule has 2 heterocycles. The van der Waals surface area contributed by atoms with Crippen molar-refractivity contribution in [3.8, 4) is 0 Å². The highest BCUT2D eigenvalue weighted by molar-refractivity contribution is 5.85. The molecule has 0 unspecified atom stereocenters. The Labute approximate surface area is 134 Å². The maximum Gasteiger partial charge on any atom is 0.326 e. The van der Waals surface area contributed by atoms with Crippen LogP contribution in [0.2, 0.25) is 0 Å². The minimum atomic E-state index is -0.000916. The van der Waals surface area contributed by atoms with Gasteiger partial charge >= 0.3 is 5.69 Å². The highest BCUT2D eigenvalue weighted by atomic mass is 35.5. The fraction of sp³-hybridized carbons (Fsp3) is 0.235. The summed E-state index contributed by atoms with van der Waals surface area (Å²) >= 11 is 0. The van der Waals surface area contributed by atoms with Crippen molar-refractivity contribution < 1.29 is 0 Å². The van der Waals surface area contributed by atoms with Crippen LogP contribution in [0.3, 0.4) is 0 Å². The van der Waals surface area contributed by atoms with Gasteiger partial charge in [0.15, 0.2) is 0 Å². The van der Waals surface area contributed by atoms with E-state index >= 15 is 0 Å². The van der Waals surface area contributed by atoms with E-state index < -0.39 is 0 Å². The molecular weight excluding hydrogens is 298 g/mol. The molecule has 0 saturated carbocycles. The molecule has 1 aromatic heterocycles. The number of aromatic amines is 1. The molecule has 3 aromatic rings. The van der Waals surface area contributed by atoms with Crippen LogP contribution in [-0.2, 0) is 19.6 Å². The van der Waals surface area contributed by atoms with E-state index in [0.717, 1.165) is 37.2 Å². The zero-order valence-corrected chi connectivity index (χ0v) is 13.0. The molecule has 1 aliphatic heterocycles. The fourth-order valence-corrected chi connectivity index (χ4v) is 3.17. The SMILES string of the molecule is Cl.O=c1[nH]c2cccc3c2n1CCN(Cc1ccccc1)C3. The lowest BCUT2D eigenvalue weighted by atomic mass is 10.1. The van der Waals surface area contributed by atoms with Crippen molar-refractivity contribution in [1.82, 2.24) is 14.5 Å². The molecule has 114 valence electrons. The monoisotopic (exact) mass is 315 g/mol. The number of rotatable bonds is 2. The fourth-order valence-electron chi connectivity index (χ4n) is 3.17. The Balaban J connectivity index is 0.00000144. The van der Waals surface area contributed by atoms with Gasteiger partial charge in [-0.25, -0.2) is 4.79 Å². The Hall–Kier alpha value is -2.04. The van der Waals surface area contributed by atoms with Gasteiger partial charge in [0.2, 0.25) is 0 Å². The van der Waals surface area contributed by atoms with Crippen molar-refractivity contribution >= 4 is 23.4 Å². The highest BCUT2D eigenvalue weighted by Crippen LogP contribution is 2.21. The summed E-state index contributed by atoms with van der Waals surface area (Å²) in [5, 5.41) is 0. The first-order valence-corrected chi connectivity index (χ1v) is 7.28. The van der Waals surface area contributed by atoms with Crippen molar-refractivity contribution in [2.24, 2.45) is 0 Å². The van der Waals surface area contributed by atoms with Gasteiger partial charge in [0, 0.05) is 26.2 Å². The van der Waals surface area contributed by atoms with Gasteiger partial charge in [0.05, 0.1) is 11.0 Å². The first-order valence-electron chi connectivity index (χ1n) is 7.28. The average molecular weight is 316 g/mol. The van der Waals surface area contributed by atoms with Gasteiger partial charge in [-0.2, -0.15) is 0 Å². The van der Waals surface area contributed by atoms with Crippen LogP contribution in [0.1, 0.15) is 11.1 Å². The standard InChI is InChI=1S/C17H17N3O.ClH/c21-17-18-15-8-4-7-14-12-19(9-10-20(17)16(14)15)11-13-5-2-1-3-6-13;/h1-8H,9-12H2,(H,18,21);1H. The lowest BCUT2D eigenvalue weighted by Crippen LogP contribution is -2.27. The molecule has 0 amide bonds. The van der Waals surface area contributed by atoms with Crippen LogP contribution >= 0.6 is 12.4 Å². The van der Waals surface area contributed by atoms with E-state index in [9.17, 15) is 4.79 Å². The van der Waals surface area contributed by atoms with Crippen molar-refractivity contribution in [3.05, 3.63) is 70.1 Å². The second-order valence-corrected chi connectivity index (χ2v) is 5.59. The van der Waals surface area contributed by atoms with Gasteiger partial charge in [-0.15, -0.1) is 12.4 Å². The molecule has 0 bridgehead atoms. The van der Waals surface area contributed by atoms with Crippen LogP contribution in [0.4, 0.5) is 0 Å². The summed E-state index contributed by atoms with van der Waals surface area (Å²) in [7, 11) is 0. The Morgan fingerprint density at radius 1 is 1.00 bits per heavy atom. The lowest BCUT2D eigenvalue weighted by Gasteiger charge is -2.20. The first-order chi connectivity index (χ1) is 10.3. The smallest absolute Gasteiger partial charge is 0.306 e. The first kappa shape index (κ1) is 14.9. The van der Waals surface area contributed by atoms with Gasteiger partial charge in [-0.05, 0) is 17.2 Å². The minimum Gasteiger partial charge on any atom is -0.306 e. The normalized spacial score (nSPS) is 14.5. The van der Waals surface area contributed by atoms with Gasteiger partial charge in [0.25, 0.3) is 0 Å². The van der Waals surface area contributed by atoms with Gasteiger partial charge in [-0.3, -0.25) is 9.47 Å². The molecule has 2 aromatic carbocycles. The zero-order valence-electron chi connectivity index (χ0n) is 12.2. The van der Waals surface area contributed by atoms with Crippen LogP contribution in [-0.4, -0.2) is 21.0 Å². The van der Waals surface area contributed by atoms with E-state index in [1.165, 1.54) is 11.1 Å². The molecule has 0 spiro atoms.